The average molecular weight is 328 g/mol. The standard InChI is InChI=1S/C16H20N6S/c1-9-6-17-16(21-14(9)13-7-18-22(5)8-13)19-10(2)15-11(3)23-12(4)20-15/h6-8,10H,1-5H3,(H,17,19,21). The van der Waals surface area contributed by atoms with E-state index in [1.807, 2.05) is 39.5 Å². The molecule has 3 aromatic rings. The first-order chi connectivity index (χ1) is 10.9. The summed E-state index contributed by atoms with van der Waals surface area (Å²) in [6.07, 6.45) is 5.61. The van der Waals surface area contributed by atoms with Crippen molar-refractivity contribution in [2.75, 3.05) is 5.32 Å². The van der Waals surface area contributed by atoms with Crippen LogP contribution < -0.4 is 5.32 Å². The number of hydrogen-bond acceptors (Lipinski definition) is 6. The first-order valence-electron chi connectivity index (χ1n) is 7.47. The van der Waals surface area contributed by atoms with Gasteiger partial charge < -0.3 is 5.32 Å². The lowest BCUT2D eigenvalue weighted by Gasteiger charge is -2.14. The molecule has 0 aliphatic rings. The third-order valence-corrected chi connectivity index (χ3v) is 4.55. The van der Waals surface area contributed by atoms with Crippen molar-refractivity contribution in [1.82, 2.24) is 24.7 Å². The van der Waals surface area contributed by atoms with Crippen LogP contribution in [0, 0.1) is 20.8 Å². The smallest absolute Gasteiger partial charge is 0.223 e. The van der Waals surface area contributed by atoms with Crippen molar-refractivity contribution in [2.24, 2.45) is 7.05 Å². The molecule has 0 aliphatic heterocycles. The fourth-order valence-electron chi connectivity index (χ4n) is 2.56. The van der Waals surface area contributed by atoms with Crippen LogP contribution in [0.4, 0.5) is 5.95 Å². The summed E-state index contributed by atoms with van der Waals surface area (Å²) in [4.78, 5) is 14.9. The van der Waals surface area contributed by atoms with Gasteiger partial charge in [0, 0.05) is 29.9 Å². The average Bonchev–Trinajstić information content (AvgIpc) is 3.06. The third-order valence-electron chi connectivity index (χ3n) is 3.65. The molecule has 1 N–H and O–H groups in total. The van der Waals surface area contributed by atoms with Gasteiger partial charge in [-0.2, -0.15) is 5.10 Å². The number of thiazole rings is 1. The monoisotopic (exact) mass is 328 g/mol. The zero-order chi connectivity index (χ0) is 16.6. The van der Waals surface area contributed by atoms with Gasteiger partial charge in [-0.15, -0.1) is 11.3 Å². The van der Waals surface area contributed by atoms with E-state index < -0.39 is 0 Å². The van der Waals surface area contributed by atoms with Crippen LogP contribution in [0.25, 0.3) is 11.3 Å². The predicted octanol–water partition coefficient (Wildman–Crippen LogP) is 3.43. The van der Waals surface area contributed by atoms with Crippen LogP contribution in [0.15, 0.2) is 18.6 Å². The number of nitrogens with one attached hydrogen (secondary N) is 1. The highest BCUT2D eigenvalue weighted by molar-refractivity contribution is 7.11. The summed E-state index contributed by atoms with van der Waals surface area (Å²) in [6.45, 7) is 8.20. The Labute approximate surface area is 139 Å². The number of rotatable bonds is 4. The molecule has 0 spiro atoms. The van der Waals surface area contributed by atoms with E-state index >= 15 is 0 Å². The van der Waals surface area contributed by atoms with Gasteiger partial charge in [0.25, 0.3) is 0 Å². The molecule has 1 unspecified atom stereocenters. The molecule has 120 valence electrons. The lowest BCUT2D eigenvalue weighted by molar-refractivity contribution is 0.768. The Bertz CT molecular complexity index is 835. The Morgan fingerprint density at radius 2 is 1.96 bits per heavy atom. The topological polar surface area (TPSA) is 68.5 Å². The predicted molar refractivity (Wildman–Crippen MR) is 92.6 cm³/mol. The van der Waals surface area contributed by atoms with Crippen molar-refractivity contribution in [1.29, 1.82) is 0 Å². The van der Waals surface area contributed by atoms with Gasteiger partial charge in [-0.1, -0.05) is 0 Å². The maximum atomic E-state index is 4.66. The summed E-state index contributed by atoms with van der Waals surface area (Å²) in [6, 6.07) is 0.0596. The molecule has 0 saturated heterocycles. The van der Waals surface area contributed by atoms with Gasteiger partial charge in [0.1, 0.15) is 0 Å². The fourth-order valence-corrected chi connectivity index (χ4v) is 3.47. The molecule has 0 aliphatic carbocycles. The summed E-state index contributed by atoms with van der Waals surface area (Å²) in [5.41, 5.74) is 3.97. The minimum Gasteiger partial charge on any atom is -0.346 e. The Kier molecular flexibility index (Phi) is 4.12. The molecular weight excluding hydrogens is 308 g/mol. The van der Waals surface area contributed by atoms with E-state index in [0.717, 1.165) is 27.5 Å². The number of aryl methyl sites for hydroxylation is 4. The van der Waals surface area contributed by atoms with Crippen molar-refractivity contribution in [3.05, 3.63) is 39.7 Å². The third kappa shape index (κ3) is 3.24. The second kappa shape index (κ2) is 6.08. The van der Waals surface area contributed by atoms with Crippen molar-refractivity contribution in [2.45, 2.75) is 33.7 Å². The molecule has 3 heterocycles. The van der Waals surface area contributed by atoms with Crippen molar-refractivity contribution in [3.8, 4) is 11.3 Å². The Hall–Kier alpha value is -2.28. The number of hydrogen-bond donors (Lipinski definition) is 1. The number of nitrogens with zero attached hydrogens (tertiary/aromatic N) is 5. The fraction of sp³-hybridized carbons (Fsp3) is 0.375. The van der Waals surface area contributed by atoms with Gasteiger partial charge in [-0.25, -0.2) is 15.0 Å². The van der Waals surface area contributed by atoms with Crippen molar-refractivity contribution >= 4 is 17.3 Å². The molecule has 1 atom stereocenters. The van der Waals surface area contributed by atoms with Crippen LogP contribution in [-0.2, 0) is 7.05 Å². The summed E-state index contributed by atoms with van der Waals surface area (Å²) in [5.74, 6) is 0.604. The minimum absolute atomic E-state index is 0.0596. The summed E-state index contributed by atoms with van der Waals surface area (Å²) in [5, 5.41) is 8.64. The molecule has 3 rings (SSSR count). The minimum atomic E-state index is 0.0596. The Morgan fingerprint density at radius 3 is 2.57 bits per heavy atom. The zero-order valence-electron chi connectivity index (χ0n) is 14.0. The van der Waals surface area contributed by atoms with Crippen molar-refractivity contribution < 1.29 is 0 Å². The van der Waals surface area contributed by atoms with E-state index in [1.165, 1.54) is 4.88 Å². The quantitative estimate of drug-likeness (QED) is 0.794. The lowest BCUT2D eigenvalue weighted by Crippen LogP contribution is -2.11. The van der Waals surface area contributed by atoms with E-state index in [4.69, 9.17) is 0 Å². The molecule has 6 nitrogen and oxygen atoms in total. The second-order valence-electron chi connectivity index (χ2n) is 5.67. The van der Waals surface area contributed by atoms with Crippen molar-refractivity contribution in [3.63, 3.8) is 0 Å². The normalized spacial score (nSPS) is 12.4. The summed E-state index contributed by atoms with van der Waals surface area (Å²) in [7, 11) is 1.90. The van der Waals surface area contributed by atoms with Gasteiger partial charge >= 0.3 is 0 Å². The molecule has 0 fully saturated rings. The molecule has 0 amide bonds. The van der Waals surface area contributed by atoms with Gasteiger partial charge in [-0.3, -0.25) is 4.68 Å². The van der Waals surface area contributed by atoms with E-state index in [2.05, 4.69) is 39.2 Å². The van der Waals surface area contributed by atoms with Crippen LogP contribution in [0.3, 0.4) is 0 Å². The highest BCUT2D eigenvalue weighted by Gasteiger charge is 2.15. The van der Waals surface area contributed by atoms with E-state index in [9.17, 15) is 0 Å². The van der Waals surface area contributed by atoms with Crippen LogP contribution in [0.1, 0.15) is 34.1 Å². The lowest BCUT2D eigenvalue weighted by atomic mass is 10.1. The maximum absolute atomic E-state index is 4.66. The van der Waals surface area contributed by atoms with Gasteiger partial charge in [0.05, 0.1) is 28.6 Å². The largest absolute Gasteiger partial charge is 0.346 e. The SMILES string of the molecule is Cc1nc(C(C)Nc2ncc(C)c(-c3cnn(C)c3)n2)c(C)s1. The van der Waals surface area contributed by atoms with Crippen LogP contribution >= 0.6 is 11.3 Å². The zero-order valence-corrected chi connectivity index (χ0v) is 14.8. The molecule has 3 aromatic heterocycles. The van der Waals surface area contributed by atoms with Gasteiger partial charge in [0.2, 0.25) is 5.95 Å². The molecule has 7 heteroatoms. The first-order valence-corrected chi connectivity index (χ1v) is 8.29. The van der Waals surface area contributed by atoms with E-state index in [1.54, 1.807) is 16.0 Å². The second-order valence-corrected chi connectivity index (χ2v) is 7.08. The first kappa shape index (κ1) is 15.6. The molecular formula is C16H20N6S. The Balaban J connectivity index is 1.88. The molecule has 0 radical (unpaired) electrons. The molecule has 0 saturated carbocycles. The highest BCUT2D eigenvalue weighted by atomic mass is 32.1. The summed E-state index contributed by atoms with van der Waals surface area (Å²) < 4.78 is 1.77. The number of aromatic nitrogens is 5. The highest BCUT2D eigenvalue weighted by Crippen LogP contribution is 2.26. The van der Waals surface area contributed by atoms with Gasteiger partial charge in [-0.05, 0) is 33.3 Å². The van der Waals surface area contributed by atoms with Gasteiger partial charge in [0.15, 0.2) is 0 Å². The molecule has 23 heavy (non-hydrogen) atoms. The molecule has 0 aromatic carbocycles. The van der Waals surface area contributed by atoms with Crippen LogP contribution in [-0.4, -0.2) is 24.7 Å². The maximum Gasteiger partial charge on any atom is 0.223 e. The van der Waals surface area contributed by atoms with Crippen LogP contribution in [0.2, 0.25) is 0 Å². The molecule has 0 bridgehead atoms. The van der Waals surface area contributed by atoms with Crippen LogP contribution in [0.5, 0.6) is 0 Å². The Morgan fingerprint density at radius 1 is 1.17 bits per heavy atom. The number of anilines is 1. The summed E-state index contributed by atoms with van der Waals surface area (Å²) >= 11 is 1.71. The van der Waals surface area contributed by atoms with E-state index in [0.29, 0.717) is 5.95 Å². The van der Waals surface area contributed by atoms with E-state index in [-0.39, 0.29) is 6.04 Å².